The molecule has 1 N–H and O–H groups in total. The number of hydrogen-bond donors (Lipinski definition) is 1. The van der Waals surface area contributed by atoms with Gasteiger partial charge in [0.05, 0.1) is 22.5 Å². The highest BCUT2D eigenvalue weighted by Gasteiger charge is 2.36. The van der Waals surface area contributed by atoms with Gasteiger partial charge in [0, 0.05) is 12.6 Å². The van der Waals surface area contributed by atoms with E-state index >= 15 is 0 Å². The van der Waals surface area contributed by atoms with Gasteiger partial charge in [-0.05, 0) is 55.5 Å². The van der Waals surface area contributed by atoms with Crippen molar-refractivity contribution in [2.45, 2.75) is 70.8 Å². The Kier molecular flexibility index (Phi) is 9.93. The van der Waals surface area contributed by atoms with Crippen molar-refractivity contribution >= 4 is 39.1 Å². The maximum atomic E-state index is 13.8. The molecule has 1 fully saturated rings. The molecular weight excluding hydrogens is 555 g/mol. The van der Waals surface area contributed by atoms with Crippen molar-refractivity contribution < 1.29 is 31.2 Å². The third kappa shape index (κ3) is 7.88. The molecule has 2 aromatic rings. The van der Waals surface area contributed by atoms with Gasteiger partial charge < -0.3 is 10.2 Å². The van der Waals surface area contributed by atoms with Crippen LogP contribution in [0.15, 0.2) is 42.5 Å². The summed E-state index contributed by atoms with van der Waals surface area (Å²) in [5.74, 6) is -1.07. The van der Waals surface area contributed by atoms with Crippen LogP contribution in [0.2, 0.25) is 5.02 Å². The number of carbonyl (C=O) groups is 2. The number of halogens is 4. The molecule has 0 aromatic heterocycles. The van der Waals surface area contributed by atoms with Gasteiger partial charge in [0.15, 0.2) is 0 Å². The first kappa shape index (κ1) is 30.7. The predicted molar refractivity (Wildman–Crippen MR) is 145 cm³/mol. The molecule has 39 heavy (non-hydrogen) atoms. The molecule has 1 saturated carbocycles. The number of nitrogens with one attached hydrogen (secondary N) is 1. The van der Waals surface area contributed by atoms with E-state index in [1.807, 2.05) is 19.1 Å². The van der Waals surface area contributed by atoms with Crippen molar-refractivity contribution in [1.29, 1.82) is 0 Å². The SMILES string of the molecule is CC[C@@H](C(=O)NC1CCCC1)N(Cc1ccccc1C)C(=O)CN(c1ccc(Cl)c(C(F)(F)F)c1)S(C)(=O)=O. The zero-order chi connectivity index (χ0) is 29.0. The summed E-state index contributed by atoms with van der Waals surface area (Å²) in [6.07, 6.45) is -0.0907. The lowest BCUT2D eigenvalue weighted by Gasteiger charge is -2.34. The van der Waals surface area contributed by atoms with Crippen LogP contribution in [0.1, 0.15) is 55.7 Å². The lowest BCUT2D eigenvalue weighted by molar-refractivity contribution is -0.140. The highest BCUT2D eigenvalue weighted by molar-refractivity contribution is 7.92. The van der Waals surface area contributed by atoms with E-state index in [1.165, 1.54) is 4.90 Å². The largest absolute Gasteiger partial charge is 0.417 e. The molecule has 0 heterocycles. The number of aryl methyl sites for hydroxylation is 1. The van der Waals surface area contributed by atoms with Gasteiger partial charge in [-0.15, -0.1) is 0 Å². The summed E-state index contributed by atoms with van der Waals surface area (Å²) in [6, 6.07) is 9.04. The van der Waals surface area contributed by atoms with Crippen LogP contribution in [0.25, 0.3) is 0 Å². The number of rotatable bonds is 10. The minimum Gasteiger partial charge on any atom is -0.352 e. The maximum absolute atomic E-state index is 13.8. The quantitative estimate of drug-likeness (QED) is 0.409. The van der Waals surface area contributed by atoms with Crippen LogP contribution < -0.4 is 9.62 Å². The molecule has 1 aliphatic rings. The summed E-state index contributed by atoms with van der Waals surface area (Å²) in [4.78, 5) is 28.4. The fraction of sp³-hybridized carbons (Fsp3) is 0.481. The van der Waals surface area contributed by atoms with Crippen molar-refractivity contribution in [3.8, 4) is 0 Å². The van der Waals surface area contributed by atoms with Crippen molar-refractivity contribution in [2.24, 2.45) is 0 Å². The number of nitrogens with zero attached hydrogens (tertiary/aromatic N) is 2. The van der Waals surface area contributed by atoms with Crippen LogP contribution in [0.3, 0.4) is 0 Å². The number of hydrogen-bond acceptors (Lipinski definition) is 4. The number of carbonyl (C=O) groups excluding carboxylic acids is 2. The number of benzene rings is 2. The lowest BCUT2D eigenvalue weighted by Crippen LogP contribution is -2.53. The third-order valence-electron chi connectivity index (χ3n) is 6.91. The first-order valence-electron chi connectivity index (χ1n) is 12.7. The Hall–Kier alpha value is -2.79. The van der Waals surface area contributed by atoms with Crippen LogP contribution in [-0.2, 0) is 32.3 Å². The summed E-state index contributed by atoms with van der Waals surface area (Å²) in [5, 5.41) is 2.41. The minimum absolute atomic E-state index is 0.00402. The highest BCUT2D eigenvalue weighted by Crippen LogP contribution is 2.37. The first-order valence-corrected chi connectivity index (χ1v) is 14.9. The lowest BCUT2D eigenvalue weighted by atomic mass is 10.1. The smallest absolute Gasteiger partial charge is 0.352 e. The van der Waals surface area contributed by atoms with Gasteiger partial charge in [-0.1, -0.05) is 55.6 Å². The van der Waals surface area contributed by atoms with E-state index in [1.54, 1.807) is 19.1 Å². The van der Waals surface area contributed by atoms with Crippen LogP contribution in [0.4, 0.5) is 18.9 Å². The third-order valence-corrected chi connectivity index (χ3v) is 8.38. The van der Waals surface area contributed by atoms with Gasteiger partial charge in [0.1, 0.15) is 12.6 Å². The fourth-order valence-corrected chi connectivity index (χ4v) is 5.82. The summed E-state index contributed by atoms with van der Waals surface area (Å²) >= 11 is 5.72. The van der Waals surface area contributed by atoms with Crippen molar-refractivity contribution in [2.75, 3.05) is 17.1 Å². The molecule has 12 heteroatoms. The minimum atomic E-state index is -4.83. The van der Waals surface area contributed by atoms with Crippen molar-refractivity contribution in [3.63, 3.8) is 0 Å². The van der Waals surface area contributed by atoms with Gasteiger partial charge in [-0.25, -0.2) is 8.42 Å². The molecule has 214 valence electrons. The molecule has 0 spiro atoms. The maximum Gasteiger partial charge on any atom is 0.417 e. The summed E-state index contributed by atoms with van der Waals surface area (Å²) in [5.41, 5.74) is 0.0485. The molecule has 0 saturated heterocycles. The number of sulfonamides is 1. The Morgan fingerprint density at radius 3 is 2.33 bits per heavy atom. The number of alkyl halides is 3. The zero-order valence-electron chi connectivity index (χ0n) is 22.1. The molecule has 0 bridgehead atoms. The fourth-order valence-electron chi connectivity index (χ4n) is 4.76. The van der Waals surface area contributed by atoms with E-state index in [2.05, 4.69) is 5.32 Å². The van der Waals surface area contributed by atoms with E-state index in [0.29, 0.717) is 10.4 Å². The molecule has 1 aliphatic carbocycles. The van der Waals surface area contributed by atoms with Gasteiger partial charge >= 0.3 is 6.18 Å². The predicted octanol–water partition coefficient (Wildman–Crippen LogP) is 5.30. The van der Waals surface area contributed by atoms with Gasteiger partial charge in [-0.3, -0.25) is 13.9 Å². The molecule has 0 unspecified atom stereocenters. The molecular formula is C27H33ClF3N3O4S. The Morgan fingerprint density at radius 2 is 1.77 bits per heavy atom. The summed E-state index contributed by atoms with van der Waals surface area (Å²) in [7, 11) is -4.20. The zero-order valence-corrected chi connectivity index (χ0v) is 23.7. The molecule has 2 amide bonds. The molecule has 2 aromatic carbocycles. The van der Waals surface area contributed by atoms with Crippen LogP contribution in [-0.4, -0.2) is 50.0 Å². The second-order valence-corrected chi connectivity index (χ2v) is 12.1. The average Bonchev–Trinajstić information content (AvgIpc) is 3.35. The molecule has 0 radical (unpaired) electrons. The normalized spacial score (nSPS) is 15.2. The second kappa shape index (κ2) is 12.6. The standard InChI is InChI=1S/C27H33ClF3N3O4S/c1-4-24(26(36)32-20-11-7-8-12-20)33(16-19-10-6-5-9-18(19)2)25(35)17-34(39(3,37)38)21-13-14-23(28)22(15-21)27(29,30)31/h5-6,9-10,13-15,20,24H,4,7-8,11-12,16-17H2,1-3H3,(H,32,36)/t24-/m0/s1. The summed E-state index contributed by atoms with van der Waals surface area (Å²) in [6.45, 7) is 2.83. The van der Waals surface area contributed by atoms with Crippen LogP contribution in [0.5, 0.6) is 0 Å². The average molecular weight is 588 g/mol. The number of anilines is 1. The molecule has 3 rings (SSSR count). The Morgan fingerprint density at radius 1 is 1.13 bits per heavy atom. The van der Waals surface area contributed by atoms with Crippen LogP contribution >= 0.6 is 11.6 Å². The van der Waals surface area contributed by atoms with Crippen LogP contribution in [0, 0.1) is 6.92 Å². The Balaban J connectivity index is 1.99. The monoisotopic (exact) mass is 587 g/mol. The van der Waals surface area contributed by atoms with Gasteiger partial charge in [-0.2, -0.15) is 13.2 Å². The van der Waals surface area contributed by atoms with E-state index in [0.717, 1.165) is 55.2 Å². The van der Waals surface area contributed by atoms with Crippen molar-refractivity contribution in [3.05, 3.63) is 64.2 Å². The highest BCUT2D eigenvalue weighted by atomic mass is 35.5. The van der Waals surface area contributed by atoms with E-state index in [-0.39, 0.29) is 30.6 Å². The van der Waals surface area contributed by atoms with E-state index < -0.39 is 45.3 Å². The second-order valence-electron chi connectivity index (χ2n) is 9.79. The number of amides is 2. The topological polar surface area (TPSA) is 86.8 Å². The Labute approximate surface area is 232 Å². The van der Waals surface area contributed by atoms with Crippen molar-refractivity contribution in [1.82, 2.24) is 10.2 Å². The van der Waals surface area contributed by atoms with Gasteiger partial charge in [0.2, 0.25) is 21.8 Å². The first-order chi connectivity index (χ1) is 18.2. The molecule has 1 atom stereocenters. The molecule has 0 aliphatic heterocycles. The van der Waals surface area contributed by atoms with E-state index in [9.17, 15) is 31.2 Å². The van der Waals surface area contributed by atoms with Gasteiger partial charge in [0.25, 0.3) is 0 Å². The molecule has 7 nitrogen and oxygen atoms in total. The Bertz CT molecular complexity index is 1300. The summed E-state index contributed by atoms with van der Waals surface area (Å²) < 4.78 is 66.5. The van der Waals surface area contributed by atoms with E-state index in [4.69, 9.17) is 11.6 Å².